The van der Waals surface area contributed by atoms with Crippen molar-refractivity contribution in [2.75, 3.05) is 0 Å². The van der Waals surface area contributed by atoms with E-state index in [9.17, 15) is 0 Å². The molecule has 0 N–H and O–H groups in total. The Labute approximate surface area is 209 Å². The standard InChI is InChI=1S/C34H25NO/c1-20-12-14-21(15-13-20)35-30-10-6-4-8-22(30)26-16-24-25-17-27-23-9-5-7-11-32(23)36-33(27)19-29(25)34(2,3)28(24)18-31(26)35/h4-19H,1-3H3. The van der Waals surface area contributed by atoms with E-state index < -0.39 is 0 Å². The minimum atomic E-state index is -0.124. The third-order valence-electron chi connectivity index (χ3n) is 8.26. The van der Waals surface area contributed by atoms with Crippen molar-refractivity contribution in [1.82, 2.24) is 4.57 Å². The summed E-state index contributed by atoms with van der Waals surface area (Å²) in [5, 5.41) is 4.96. The molecule has 2 nitrogen and oxygen atoms in total. The summed E-state index contributed by atoms with van der Waals surface area (Å²) in [5.74, 6) is 0. The molecule has 5 aromatic carbocycles. The SMILES string of the molecule is Cc1ccc(-n2c3ccccc3c3cc4c(cc32)C(C)(C)c2cc3oc5ccccc5c3cc2-4)cc1. The maximum atomic E-state index is 6.27. The number of rotatable bonds is 1. The second-order valence-corrected chi connectivity index (χ2v) is 10.7. The predicted octanol–water partition coefficient (Wildman–Crippen LogP) is 9.30. The zero-order chi connectivity index (χ0) is 24.2. The van der Waals surface area contributed by atoms with Crippen molar-refractivity contribution < 1.29 is 4.42 Å². The van der Waals surface area contributed by atoms with Crippen molar-refractivity contribution in [3.05, 3.63) is 114 Å². The lowest BCUT2D eigenvalue weighted by molar-refractivity contribution is 0.647. The average molecular weight is 464 g/mol. The largest absolute Gasteiger partial charge is 0.456 e. The van der Waals surface area contributed by atoms with E-state index in [0.29, 0.717) is 0 Å². The number of hydrogen-bond acceptors (Lipinski definition) is 1. The Morgan fingerprint density at radius 3 is 2.06 bits per heavy atom. The van der Waals surface area contributed by atoms with Gasteiger partial charge in [0, 0.05) is 32.6 Å². The van der Waals surface area contributed by atoms with Gasteiger partial charge in [-0.25, -0.2) is 0 Å². The molecule has 0 aliphatic heterocycles. The molecule has 8 rings (SSSR count). The summed E-state index contributed by atoms with van der Waals surface area (Å²) in [6.45, 7) is 6.83. The fourth-order valence-corrected chi connectivity index (χ4v) is 6.38. The maximum Gasteiger partial charge on any atom is 0.135 e. The van der Waals surface area contributed by atoms with Crippen molar-refractivity contribution in [3.8, 4) is 16.8 Å². The molecule has 36 heavy (non-hydrogen) atoms. The predicted molar refractivity (Wildman–Crippen MR) is 150 cm³/mol. The summed E-state index contributed by atoms with van der Waals surface area (Å²) in [7, 11) is 0. The number of hydrogen-bond donors (Lipinski definition) is 0. The molecule has 0 unspecified atom stereocenters. The lowest BCUT2D eigenvalue weighted by Gasteiger charge is -2.21. The molecule has 0 saturated carbocycles. The third-order valence-corrected chi connectivity index (χ3v) is 8.26. The summed E-state index contributed by atoms with van der Waals surface area (Å²) in [6, 6.07) is 35.5. The van der Waals surface area contributed by atoms with E-state index in [2.05, 4.69) is 116 Å². The van der Waals surface area contributed by atoms with Crippen LogP contribution in [0.3, 0.4) is 0 Å². The summed E-state index contributed by atoms with van der Waals surface area (Å²) in [4.78, 5) is 0. The number of fused-ring (bicyclic) bond motifs is 9. The molecular weight excluding hydrogens is 438 g/mol. The number of furan rings is 1. The second kappa shape index (κ2) is 6.67. The van der Waals surface area contributed by atoms with Crippen LogP contribution in [0.25, 0.3) is 60.6 Å². The average Bonchev–Trinajstić information content (AvgIpc) is 3.49. The summed E-state index contributed by atoms with van der Waals surface area (Å²) < 4.78 is 8.69. The van der Waals surface area contributed by atoms with E-state index in [-0.39, 0.29) is 5.41 Å². The molecule has 0 fully saturated rings. The van der Waals surface area contributed by atoms with E-state index in [1.54, 1.807) is 0 Å². The Hall–Kier alpha value is -4.30. The van der Waals surface area contributed by atoms with E-state index in [1.807, 2.05) is 6.07 Å². The van der Waals surface area contributed by atoms with Gasteiger partial charge in [-0.05, 0) is 77.7 Å². The van der Waals surface area contributed by atoms with E-state index >= 15 is 0 Å². The van der Waals surface area contributed by atoms with E-state index in [4.69, 9.17) is 4.42 Å². The first kappa shape index (κ1) is 19.9. The smallest absolute Gasteiger partial charge is 0.135 e. The summed E-state index contributed by atoms with van der Waals surface area (Å²) in [6.07, 6.45) is 0. The summed E-state index contributed by atoms with van der Waals surface area (Å²) in [5.41, 5.74) is 12.1. The van der Waals surface area contributed by atoms with Gasteiger partial charge in [0.25, 0.3) is 0 Å². The Bertz CT molecular complexity index is 2020. The van der Waals surface area contributed by atoms with Crippen molar-refractivity contribution in [1.29, 1.82) is 0 Å². The fourth-order valence-electron chi connectivity index (χ4n) is 6.38. The molecule has 1 aliphatic carbocycles. The first-order valence-corrected chi connectivity index (χ1v) is 12.6. The Balaban J connectivity index is 1.48. The maximum absolute atomic E-state index is 6.27. The molecule has 0 radical (unpaired) electrons. The molecule has 0 bridgehead atoms. The minimum Gasteiger partial charge on any atom is -0.456 e. The molecule has 0 saturated heterocycles. The second-order valence-electron chi connectivity index (χ2n) is 10.7. The van der Waals surface area contributed by atoms with Crippen LogP contribution in [0.5, 0.6) is 0 Å². The molecule has 2 heterocycles. The molecular formula is C34H25NO. The van der Waals surface area contributed by atoms with Crippen molar-refractivity contribution in [2.24, 2.45) is 0 Å². The minimum absolute atomic E-state index is 0.124. The van der Waals surface area contributed by atoms with Crippen LogP contribution in [-0.2, 0) is 5.41 Å². The van der Waals surface area contributed by atoms with Gasteiger partial charge in [-0.15, -0.1) is 0 Å². The van der Waals surface area contributed by atoms with E-state index in [1.165, 1.54) is 66.1 Å². The number of benzene rings is 5. The molecule has 0 atom stereocenters. The Kier molecular flexibility index (Phi) is 3.70. The number of nitrogens with zero attached hydrogens (tertiary/aromatic N) is 1. The van der Waals surface area contributed by atoms with Gasteiger partial charge in [0.2, 0.25) is 0 Å². The first-order valence-electron chi connectivity index (χ1n) is 12.6. The molecule has 0 spiro atoms. The lowest BCUT2D eigenvalue weighted by atomic mass is 9.82. The monoisotopic (exact) mass is 463 g/mol. The van der Waals surface area contributed by atoms with Crippen LogP contribution in [0.1, 0.15) is 30.5 Å². The summed E-state index contributed by atoms with van der Waals surface area (Å²) >= 11 is 0. The van der Waals surface area contributed by atoms with Gasteiger partial charge in [-0.3, -0.25) is 0 Å². The highest BCUT2D eigenvalue weighted by Gasteiger charge is 2.37. The Morgan fingerprint density at radius 2 is 1.25 bits per heavy atom. The zero-order valence-corrected chi connectivity index (χ0v) is 20.6. The van der Waals surface area contributed by atoms with Gasteiger partial charge >= 0.3 is 0 Å². The van der Waals surface area contributed by atoms with Crippen LogP contribution >= 0.6 is 0 Å². The van der Waals surface area contributed by atoms with Gasteiger partial charge in [-0.2, -0.15) is 0 Å². The molecule has 2 aromatic heterocycles. The van der Waals surface area contributed by atoms with Crippen LogP contribution in [0, 0.1) is 6.92 Å². The van der Waals surface area contributed by atoms with Crippen LogP contribution in [0.4, 0.5) is 0 Å². The molecule has 7 aromatic rings. The van der Waals surface area contributed by atoms with Crippen LogP contribution < -0.4 is 0 Å². The topological polar surface area (TPSA) is 18.1 Å². The first-order chi connectivity index (χ1) is 17.5. The highest BCUT2D eigenvalue weighted by molar-refractivity contribution is 6.13. The number of para-hydroxylation sites is 2. The van der Waals surface area contributed by atoms with E-state index in [0.717, 1.165) is 11.2 Å². The quantitative estimate of drug-likeness (QED) is 0.237. The van der Waals surface area contributed by atoms with Crippen LogP contribution in [0.15, 0.2) is 101 Å². The molecule has 172 valence electrons. The van der Waals surface area contributed by atoms with Gasteiger partial charge < -0.3 is 8.98 Å². The zero-order valence-electron chi connectivity index (χ0n) is 20.6. The molecule has 1 aliphatic rings. The lowest BCUT2D eigenvalue weighted by Crippen LogP contribution is -2.15. The van der Waals surface area contributed by atoms with Gasteiger partial charge in [0.1, 0.15) is 11.2 Å². The molecule has 0 amide bonds. The molecule has 2 heteroatoms. The van der Waals surface area contributed by atoms with Crippen LogP contribution in [-0.4, -0.2) is 4.57 Å². The van der Waals surface area contributed by atoms with Gasteiger partial charge in [0.15, 0.2) is 0 Å². The Morgan fingerprint density at radius 1 is 0.583 bits per heavy atom. The van der Waals surface area contributed by atoms with Crippen molar-refractivity contribution in [3.63, 3.8) is 0 Å². The normalized spacial score (nSPS) is 14.2. The highest BCUT2D eigenvalue weighted by atomic mass is 16.3. The van der Waals surface area contributed by atoms with Crippen LogP contribution in [0.2, 0.25) is 0 Å². The fraction of sp³-hybridized carbons (Fsp3) is 0.118. The van der Waals surface area contributed by atoms with Crippen molar-refractivity contribution in [2.45, 2.75) is 26.2 Å². The number of aromatic nitrogens is 1. The van der Waals surface area contributed by atoms with Crippen molar-refractivity contribution >= 4 is 43.7 Å². The number of aryl methyl sites for hydroxylation is 1. The third kappa shape index (κ3) is 2.46. The van der Waals surface area contributed by atoms with Gasteiger partial charge in [-0.1, -0.05) is 67.9 Å². The highest BCUT2D eigenvalue weighted by Crippen LogP contribution is 2.52. The van der Waals surface area contributed by atoms with Gasteiger partial charge in [0.05, 0.1) is 11.0 Å².